The molecular weight excluding hydrogens is 180 g/mol. The Bertz CT molecular complexity index is 197. The van der Waals surface area contributed by atoms with Crippen LogP contribution in [0.15, 0.2) is 0 Å². The molecule has 0 amide bonds. The summed E-state index contributed by atoms with van der Waals surface area (Å²) >= 11 is 0. The maximum atomic E-state index is 10.4. The van der Waals surface area contributed by atoms with Gasteiger partial charge < -0.3 is 15.3 Å². The van der Waals surface area contributed by atoms with Crippen LogP contribution in [-0.4, -0.2) is 48.7 Å². The third-order valence-corrected chi connectivity index (χ3v) is 2.62. The van der Waals surface area contributed by atoms with Gasteiger partial charge in [0.25, 0.3) is 0 Å². The summed E-state index contributed by atoms with van der Waals surface area (Å²) < 4.78 is 0. The molecule has 1 aliphatic heterocycles. The molecule has 82 valence electrons. The molecule has 1 heterocycles. The van der Waals surface area contributed by atoms with Crippen molar-refractivity contribution < 1.29 is 9.90 Å². The second-order valence-electron chi connectivity index (χ2n) is 4.36. The summed E-state index contributed by atoms with van der Waals surface area (Å²) in [7, 11) is 2.09. The largest absolute Gasteiger partial charge is 0.481 e. The van der Waals surface area contributed by atoms with Crippen LogP contribution in [0.1, 0.15) is 19.8 Å². The maximum absolute atomic E-state index is 10.4. The van der Waals surface area contributed by atoms with Gasteiger partial charge >= 0.3 is 5.97 Å². The third-order valence-electron chi connectivity index (χ3n) is 2.62. The number of carbonyl (C=O) groups is 1. The average Bonchev–Trinajstić information content (AvgIpc) is 2.23. The zero-order valence-electron chi connectivity index (χ0n) is 8.99. The quantitative estimate of drug-likeness (QED) is 0.692. The summed E-state index contributed by atoms with van der Waals surface area (Å²) in [6.45, 7) is 5.26. The molecule has 4 heteroatoms. The van der Waals surface area contributed by atoms with Gasteiger partial charge in [0.1, 0.15) is 0 Å². The molecule has 0 spiro atoms. The fourth-order valence-electron chi connectivity index (χ4n) is 1.97. The van der Waals surface area contributed by atoms with Crippen molar-refractivity contribution in [2.45, 2.75) is 25.8 Å². The van der Waals surface area contributed by atoms with Gasteiger partial charge in [-0.25, -0.2) is 0 Å². The van der Waals surface area contributed by atoms with Crippen LogP contribution in [-0.2, 0) is 4.79 Å². The first kappa shape index (κ1) is 11.5. The molecule has 1 rings (SSSR count). The normalized spacial score (nSPS) is 29.9. The number of rotatable bonds is 3. The lowest BCUT2D eigenvalue weighted by molar-refractivity contribution is -0.137. The molecule has 1 fully saturated rings. The van der Waals surface area contributed by atoms with Crippen LogP contribution in [0, 0.1) is 5.92 Å². The molecule has 1 aliphatic rings. The maximum Gasteiger partial charge on any atom is 0.303 e. The Morgan fingerprint density at radius 1 is 1.57 bits per heavy atom. The first-order valence-electron chi connectivity index (χ1n) is 5.21. The summed E-state index contributed by atoms with van der Waals surface area (Å²) in [6.07, 6.45) is 0.992. The second kappa shape index (κ2) is 5.32. The first-order valence-corrected chi connectivity index (χ1v) is 5.21. The van der Waals surface area contributed by atoms with Crippen molar-refractivity contribution in [3.05, 3.63) is 0 Å². The predicted octanol–water partition coefficient (Wildman–Crippen LogP) is 0.391. The minimum Gasteiger partial charge on any atom is -0.481 e. The minimum atomic E-state index is -0.702. The topological polar surface area (TPSA) is 52.6 Å². The molecule has 0 bridgehead atoms. The van der Waals surface area contributed by atoms with Crippen LogP contribution >= 0.6 is 0 Å². The van der Waals surface area contributed by atoms with Crippen molar-refractivity contribution in [1.29, 1.82) is 0 Å². The van der Waals surface area contributed by atoms with E-state index >= 15 is 0 Å². The lowest BCUT2D eigenvalue weighted by atomic mass is 10.1. The first-order chi connectivity index (χ1) is 6.58. The second-order valence-corrected chi connectivity index (χ2v) is 4.36. The van der Waals surface area contributed by atoms with Crippen molar-refractivity contribution in [1.82, 2.24) is 10.2 Å². The number of carboxylic acids is 1. The minimum absolute atomic E-state index is 0.264. The number of carboxylic acid groups (broad SMARTS) is 1. The summed E-state index contributed by atoms with van der Waals surface area (Å²) in [5, 5.41) is 12.0. The van der Waals surface area contributed by atoms with E-state index in [0.29, 0.717) is 12.0 Å². The highest BCUT2D eigenvalue weighted by molar-refractivity contribution is 5.66. The molecule has 0 radical (unpaired) electrons. The summed E-state index contributed by atoms with van der Waals surface area (Å²) in [6, 6.07) is 0.334. The van der Waals surface area contributed by atoms with Gasteiger partial charge in [0.15, 0.2) is 0 Å². The average molecular weight is 200 g/mol. The Morgan fingerprint density at radius 3 is 2.93 bits per heavy atom. The lowest BCUT2D eigenvalue weighted by Gasteiger charge is -2.19. The molecule has 2 N–H and O–H groups in total. The summed E-state index contributed by atoms with van der Waals surface area (Å²) in [5.41, 5.74) is 0. The van der Waals surface area contributed by atoms with E-state index in [2.05, 4.69) is 24.2 Å². The Kier molecular flexibility index (Phi) is 4.35. The van der Waals surface area contributed by atoms with Crippen LogP contribution in [0.4, 0.5) is 0 Å². The van der Waals surface area contributed by atoms with E-state index < -0.39 is 5.97 Å². The number of nitrogens with zero attached hydrogens (tertiary/aromatic N) is 1. The van der Waals surface area contributed by atoms with Crippen molar-refractivity contribution >= 4 is 5.97 Å². The lowest BCUT2D eigenvalue weighted by Crippen LogP contribution is -2.36. The molecule has 0 aliphatic carbocycles. The van der Waals surface area contributed by atoms with Gasteiger partial charge in [0.05, 0.1) is 0 Å². The number of hydrogen-bond acceptors (Lipinski definition) is 3. The Morgan fingerprint density at radius 2 is 2.29 bits per heavy atom. The van der Waals surface area contributed by atoms with Crippen LogP contribution in [0.2, 0.25) is 0 Å². The Balaban J connectivity index is 2.34. The Labute approximate surface area is 85.3 Å². The van der Waals surface area contributed by atoms with Gasteiger partial charge in [-0.2, -0.15) is 0 Å². The van der Waals surface area contributed by atoms with Gasteiger partial charge in [-0.3, -0.25) is 4.79 Å². The van der Waals surface area contributed by atoms with Crippen LogP contribution in [0.3, 0.4) is 0 Å². The number of likely N-dealkylation sites (N-methyl/N-ethyl adjacent to an activating group) is 1. The highest BCUT2D eigenvalue weighted by Gasteiger charge is 2.19. The smallest absolute Gasteiger partial charge is 0.303 e. The summed E-state index contributed by atoms with van der Waals surface area (Å²) in [5.74, 6) is -0.0541. The molecule has 0 aromatic carbocycles. The van der Waals surface area contributed by atoms with E-state index in [1.54, 1.807) is 0 Å². The van der Waals surface area contributed by atoms with Crippen LogP contribution < -0.4 is 5.32 Å². The fraction of sp³-hybridized carbons (Fsp3) is 0.900. The third kappa shape index (κ3) is 4.07. The monoisotopic (exact) mass is 200 g/mol. The summed E-state index contributed by atoms with van der Waals surface area (Å²) in [4.78, 5) is 12.7. The molecule has 4 nitrogen and oxygen atoms in total. The zero-order chi connectivity index (χ0) is 10.6. The fourth-order valence-corrected chi connectivity index (χ4v) is 1.97. The molecular formula is C10H20N2O2. The highest BCUT2D eigenvalue weighted by atomic mass is 16.4. The Hall–Kier alpha value is -0.610. The molecule has 0 aromatic rings. The van der Waals surface area contributed by atoms with E-state index in [9.17, 15) is 4.79 Å². The number of hydrogen-bond donors (Lipinski definition) is 2. The van der Waals surface area contributed by atoms with Gasteiger partial charge in [0.2, 0.25) is 0 Å². The van der Waals surface area contributed by atoms with E-state index in [1.165, 1.54) is 0 Å². The van der Waals surface area contributed by atoms with Crippen molar-refractivity contribution in [2.24, 2.45) is 5.92 Å². The van der Waals surface area contributed by atoms with Gasteiger partial charge in [0, 0.05) is 25.6 Å². The van der Waals surface area contributed by atoms with Gasteiger partial charge in [-0.05, 0) is 25.9 Å². The highest BCUT2D eigenvalue weighted by Crippen LogP contribution is 2.07. The SMILES string of the molecule is CC1CNC(CCC(=O)O)CN(C)C1. The van der Waals surface area contributed by atoms with E-state index in [-0.39, 0.29) is 6.42 Å². The molecule has 14 heavy (non-hydrogen) atoms. The van der Waals surface area contributed by atoms with Gasteiger partial charge in [-0.1, -0.05) is 6.92 Å². The molecule has 1 saturated heterocycles. The molecule has 0 aromatic heterocycles. The predicted molar refractivity (Wildman–Crippen MR) is 55.3 cm³/mol. The van der Waals surface area contributed by atoms with E-state index in [0.717, 1.165) is 26.1 Å². The number of aliphatic carboxylic acids is 1. The molecule has 0 saturated carbocycles. The van der Waals surface area contributed by atoms with Crippen molar-refractivity contribution in [3.63, 3.8) is 0 Å². The van der Waals surface area contributed by atoms with Crippen molar-refractivity contribution in [3.8, 4) is 0 Å². The van der Waals surface area contributed by atoms with Gasteiger partial charge in [-0.15, -0.1) is 0 Å². The molecule has 2 unspecified atom stereocenters. The molecule has 2 atom stereocenters. The van der Waals surface area contributed by atoms with E-state index in [1.807, 2.05) is 0 Å². The van der Waals surface area contributed by atoms with Crippen LogP contribution in [0.25, 0.3) is 0 Å². The van der Waals surface area contributed by atoms with E-state index in [4.69, 9.17) is 5.11 Å². The zero-order valence-corrected chi connectivity index (χ0v) is 8.99. The standard InChI is InChI=1S/C10H20N2O2/c1-8-5-11-9(3-4-10(13)14)7-12(2)6-8/h8-9,11H,3-7H2,1-2H3,(H,13,14). The van der Waals surface area contributed by atoms with Crippen LogP contribution in [0.5, 0.6) is 0 Å². The van der Waals surface area contributed by atoms with Crippen molar-refractivity contribution in [2.75, 3.05) is 26.7 Å². The number of nitrogens with one attached hydrogen (secondary N) is 1.